The van der Waals surface area contributed by atoms with Crippen molar-refractivity contribution in [3.8, 4) is 0 Å². The fraction of sp³-hybridized carbons (Fsp3) is 1.00. The predicted molar refractivity (Wildman–Crippen MR) is 77.5 cm³/mol. The highest BCUT2D eigenvalue weighted by atomic mass is 16.7. The third-order valence-electron chi connectivity index (χ3n) is 5.01. The van der Waals surface area contributed by atoms with Crippen LogP contribution in [0.4, 0.5) is 0 Å². The Hall–Kier alpha value is -0.160. The summed E-state index contributed by atoms with van der Waals surface area (Å²) in [6, 6.07) is 0.901. The van der Waals surface area contributed by atoms with Gasteiger partial charge in [-0.25, -0.2) is 0 Å². The summed E-state index contributed by atoms with van der Waals surface area (Å²) in [5.41, 5.74) is 0. The second-order valence-electron chi connectivity index (χ2n) is 7.14. The summed E-state index contributed by atoms with van der Waals surface area (Å²) in [5, 5.41) is 10.5. The minimum atomic E-state index is -0.394. The van der Waals surface area contributed by atoms with E-state index in [2.05, 4.69) is 18.7 Å². The minimum absolute atomic E-state index is 0.216. The van der Waals surface area contributed by atoms with Gasteiger partial charge in [0.1, 0.15) is 0 Å². The van der Waals surface area contributed by atoms with Gasteiger partial charge in [-0.1, -0.05) is 13.8 Å². The van der Waals surface area contributed by atoms with Gasteiger partial charge in [0.05, 0.1) is 19.3 Å². The Kier molecular flexibility index (Phi) is 4.37. The third-order valence-corrected chi connectivity index (χ3v) is 5.01. The minimum Gasteiger partial charge on any atom is -0.391 e. The number of aliphatic hydroxyl groups excluding tert-OH is 1. The van der Waals surface area contributed by atoms with E-state index in [1.54, 1.807) is 0 Å². The number of hydrogen-bond acceptors (Lipinski definition) is 4. The van der Waals surface area contributed by atoms with Gasteiger partial charge < -0.3 is 14.6 Å². The van der Waals surface area contributed by atoms with Crippen molar-refractivity contribution in [2.75, 3.05) is 19.8 Å². The van der Waals surface area contributed by atoms with Gasteiger partial charge in [-0.15, -0.1) is 0 Å². The van der Waals surface area contributed by atoms with Gasteiger partial charge >= 0.3 is 0 Å². The van der Waals surface area contributed by atoms with Gasteiger partial charge in [-0.05, 0) is 38.1 Å². The van der Waals surface area contributed by atoms with E-state index in [1.165, 1.54) is 19.3 Å². The number of hydrogen-bond donors (Lipinski definition) is 1. The smallest absolute Gasteiger partial charge is 0.170 e. The molecule has 116 valence electrons. The first-order chi connectivity index (χ1) is 9.60. The first kappa shape index (κ1) is 14.8. The zero-order chi connectivity index (χ0) is 14.2. The normalized spacial score (nSPS) is 33.5. The van der Waals surface area contributed by atoms with Gasteiger partial charge in [-0.3, -0.25) is 4.90 Å². The van der Waals surface area contributed by atoms with Gasteiger partial charge in [0.15, 0.2) is 5.79 Å². The SMILES string of the molecule is CC(C)CCN(C1CC1)C1CC2(CCC1O)OCCO2. The third kappa shape index (κ3) is 3.19. The molecule has 0 radical (unpaired) electrons. The molecule has 2 aliphatic carbocycles. The Morgan fingerprint density at radius 1 is 1.20 bits per heavy atom. The van der Waals surface area contributed by atoms with Gasteiger partial charge in [0.2, 0.25) is 0 Å². The zero-order valence-corrected chi connectivity index (χ0v) is 12.9. The molecule has 1 saturated heterocycles. The number of nitrogens with zero attached hydrogens (tertiary/aromatic N) is 1. The van der Waals surface area contributed by atoms with Crippen molar-refractivity contribution in [2.24, 2.45) is 5.92 Å². The Balaban J connectivity index is 1.67. The lowest BCUT2D eigenvalue weighted by Crippen LogP contribution is -2.54. The molecule has 0 aromatic rings. The highest BCUT2D eigenvalue weighted by Gasteiger charge is 2.48. The topological polar surface area (TPSA) is 41.9 Å². The van der Waals surface area contributed by atoms with Crippen molar-refractivity contribution >= 4 is 0 Å². The van der Waals surface area contributed by atoms with E-state index >= 15 is 0 Å². The zero-order valence-electron chi connectivity index (χ0n) is 12.9. The molecular weight excluding hydrogens is 254 g/mol. The molecule has 1 aliphatic heterocycles. The fourth-order valence-corrected chi connectivity index (χ4v) is 3.65. The number of ether oxygens (including phenoxy) is 2. The highest BCUT2D eigenvalue weighted by molar-refractivity contribution is 4.98. The average molecular weight is 283 g/mol. The molecule has 1 N–H and O–H groups in total. The summed E-state index contributed by atoms with van der Waals surface area (Å²) in [6.07, 6.45) is 6.04. The summed E-state index contributed by atoms with van der Waals surface area (Å²) in [5.74, 6) is 0.319. The van der Waals surface area contributed by atoms with E-state index in [9.17, 15) is 5.11 Å². The fourth-order valence-electron chi connectivity index (χ4n) is 3.65. The molecule has 3 aliphatic rings. The maximum absolute atomic E-state index is 10.5. The van der Waals surface area contributed by atoms with Crippen molar-refractivity contribution in [1.82, 2.24) is 4.90 Å². The van der Waals surface area contributed by atoms with E-state index in [4.69, 9.17) is 9.47 Å². The lowest BCUT2D eigenvalue weighted by molar-refractivity contribution is -0.205. The molecule has 1 spiro atoms. The molecule has 2 atom stereocenters. The second kappa shape index (κ2) is 5.91. The van der Waals surface area contributed by atoms with Crippen LogP contribution in [0, 0.1) is 5.92 Å². The first-order valence-electron chi connectivity index (χ1n) is 8.31. The number of rotatable bonds is 5. The Morgan fingerprint density at radius 3 is 2.50 bits per heavy atom. The Morgan fingerprint density at radius 2 is 1.90 bits per heavy atom. The standard InChI is InChI=1S/C16H29NO3/c1-12(2)6-8-17(13-3-4-13)14-11-16(7-5-15(14)18)19-9-10-20-16/h12-15,18H,3-11H2,1-2H3. The molecule has 4 heteroatoms. The highest BCUT2D eigenvalue weighted by Crippen LogP contribution is 2.41. The summed E-state index contributed by atoms with van der Waals surface area (Å²) in [7, 11) is 0. The van der Waals surface area contributed by atoms with Crippen molar-refractivity contribution in [3.63, 3.8) is 0 Å². The van der Waals surface area contributed by atoms with Crippen LogP contribution in [0.15, 0.2) is 0 Å². The first-order valence-corrected chi connectivity index (χ1v) is 8.31. The average Bonchev–Trinajstić information content (AvgIpc) is 3.15. The molecule has 0 bridgehead atoms. The van der Waals surface area contributed by atoms with Crippen LogP contribution in [-0.2, 0) is 9.47 Å². The van der Waals surface area contributed by atoms with Crippen LogP contribution in [0.1, 0.15) is 52.4 Å². The molecule has 4 nitrogen and oxygen atoms in total. The Bertz CT molecular complexity index is 324. The lowest BCUT2D eigenvalue weighted by Gasteiger charge is -2.44. The molecule has 0 amide bonds. The summed E-state index contributed by atoms with van der Waals surface area (Å²) in [4.78, 5) is 2.55. The molecule has 1 heterocycles. The van der Waals surface area contributed by atoms with Gasteiger partial charge in [0, 0.05) is 24.9 Å². The summed E-state index contributed by atoms with van der Waals surface area (Å²) < 4.78 is 11.8. The molecule has 3 rings (SSSR count). The van der Waals surface area contributed by atoms with E-state index in [0.717, 1.165) is 25.8 Å². The molecule has 20 heavy (non-hydrogen) atoms. The largest absolute Gasteiger partial charge is 0.391 e. The van der Waals surface area contributed by atoms with E-state index < -0.39 is 5.79 Å². The summed E-state index contributed by atoms with van der Waals surface area (Å²) in [6.45, 7) is 7.05. The summed E-state index contributed by atoms with van der Waals surface area (Å²) >= 11 is 0. The van der Waals surface area contributed by atoms with E-state index in [1.807, 2.05) is 0 Å². The second-order valence-corrected chi connectivity index (χ2v) is 7.14. The van der Waals surface area contributed by atoms with Crippen molar-refractivity contribution in [1.29, 1.82) is 0 Å². The van der Waals surface area contributed by atoms with Crippen molar-refractivity contribution < 1.29 is 14.6 Å². The van der Waals surface area contributed by atoms with Crippen LogP contribution in [0.5, 0.6) is 0 Å². The van der Waals surface area contributed by atoms with Gasteiger partial charge in [0.25, 0.3) is 0 Å². The van der Waals surface area contributed by atoms with Crippen molar-refractivity contribution in [2.45, 2.75) is 76.3 Å². The maximum Gasteiger partial charge on any atom is 0.170 e. The molecule has 3 fully saturated rings. The molecule has 0 aromatic heterocycles. The van der Waals surface area contributed by atoms with Crippen LogP contribution >= 0.6 is 0 Å². The molecular formula is C16H29NO3. The van der Waals surface area contributed by atoms with Crippen LogP contribution < -0.4 is 0 Å². The van der Waals surface area contributed by atoms with E-state index in [-0.39, 0.29) is 12.1 Å². The number of aliphatic hydroxyl groups is 1. The van der Waals surface area contributed by atoms with Crippen LogP contribution in [0.2, 0.25) is 0 Å². The molecule has 2 unspecified atom stereocenters. The van der Waals surface area contributed by atoms with Crippen LogP contribution in [0.3, 0.4) is 0 Å². The predicted octanol–water partition coefficient (Wildman–Crippen LogP) is 2.15. The Labute approximate surface area is 122 Å². The van der Waals surface area contributed by atoms with Gasteiger partial charge in [-0.2, -0.15) is 0 Å². The van der Waals surface area contributed by atoms with Crippen LogP contribution in [-0.4, -0.2) is 53.7 Å². The monoisotopic (exact) mass is 283 g/mol. The van der Waals surface area contributed by atoms with E-state index in [0.29, 0.717) is 25.2 Å². The molecule has 2 saturated carbocycles. The lowest BCUT2D eigenvalue weighted by atomic mass is 9.86. The van der Waals surface area contributed by atoms with Crippen LogP contribution in [0.25, 0.3) is 0 Å². The quantitative estimate of drug-likeness (QED) is 0.839. The molecule has 0 aromatic carbocycles. The maximum atomic E-state index is 10.5. The van der Waals surface area contributed by atoms with Crippen molar-refractivity contribution in [3.05, 3.63) is 0 Å².